The third-order valence-corrected chi connectivity index (χ3v) is 1.04. The summed E-state index contributed by atoms with van der Waals surface area (Å²) in [6.45, 7) is 4.90. The molecule has 1 amide bonds. The third kappa shape index (κ3) is 4.98. The molecule has 0 heterocycles. The van der Waals surface area contributed by atoms with Gasteiger partial charge in [-0.15, -0.1) is 0 Å². The Labute approximate surface area is 81.5 Å². The van der Waals surface area contributed by atoms with Crippen molar-refractivity contribution in [1.82, 2.24) is 5.32 Å². The van der Waals surface area contributed by atoms with Crippen LogP contribution in [0.1, 0.15) is 20.8 Å². The number of aliphatic carboxylic acids is 1. The zero-order valence-corrected chi connectivity index (χ0v) is 8.20. The number of alkyl carbamates (subject to hydrolysis) is 1. The van der Waals surface area contributed by atoms with Gasteiger partial charge in [0.25, 0.3) is 0 Å². The Bertz CT molecular complexity index is 274. The van der Waals surface area contributed by atoms with E-state index in [1.165, 1.54) is 6.07 Å². The van der Waals surface area contributed by atoms with Gasteiger partial charge in [-0.3, -0.25) is 5.32 Å². The van der Waals surface area contributed by atoms with Gasteiger partial charge >= 0.3 is 12.1 Å². The predicted octanol–water partition coefficient (Wildman–Crippen LogP) is 0.488. The van der Waals surface area contributed by atoms with E-state index in [0.717, 1.165) is 0 Å². The molecule has 0 saturated heterocycles. The number of rotatable bonds is 2. The topological polar surface area (TPSA) is 99.4 Å². The molecule has 0 aliphatic heterocycles. The number of carbonyl (C=O) groups is 2. The average molecular weight is 200 g/mol. The first-order chi connectivity index (χ1) is 6.26. The summed E-state index contributed by atoms with van der Waals surface area (Å²) in [6.07, 6.45) is -0.925. The Balaban J connectivity index is 4.20. The first kappa shape index (κ1) is 12.2. The van der Waals surface area contributed by atoms with Crippen molar-refractivity contribution in [2.75, 3.05) is 0 Å². The SMILES string of the molecule is CC(C)(C)OC(=O)NC(C#N)C(=O)O. The van der Waals surface area contributed by atoms with Gasteiger partial charge in [0.15, 0.2) is 0 Å². The Morgan fingerprint density at radius 2 is 2.00 bits per heavy atom. The number of nitriles is 1. The lowest BCUT2D eigenvalue weighted by Gasteiger charge is -2.20. The van der Waals surface area contributed by atoms with Crippen molar-refractivity contribution < 1.29 is 19.4 Å². The highest BCUT2D eigenvalue weighted by atomic mass is 16.6. The Hall–Kier alpha value is -1.77. The molecule has 0 aromatic heterocycles. The fourth-order valence-corrected chi connectivity index (χ4v) is 0.575. The van der Waals surface area contributed by atoms with E-state index in [-0.39, 0.29) is 0 Å². The van der Waals surface area contributed by atoms with Crippen LogP contribution in [0.15, 0.2) is 0 Å². The van der Waals surface area contributed by atoms with Crippen molar-refractivity contribution in [2.45, 2.75) is 32.4 Å². The lowest BCUT2D eigenvalue weighted by Crippen LogP contribution is -2.42. The highest BCUT2D eigenvalue weighted by Crippen LogP contribution is 2.06. The van der Waals surface area contributed by atoms with Gasteiger partial charge in [0.05, 0.1) is 6.07 Å². The summed E-state index contributed by atoms with van der Waals surface area (Å²) in [5.74, 6) is -1.42. The monoisotopic (exact) mass is 200 g/mol. The molecule has 0 spiro atoms. The summed E-state index contributed by atoms with van der Waals surface area (Å²) < 4.78 is 4.76. The number of carboxylic acids is 1. The molecule has 0 aliphatic carbocycles. The molecule has 2 N–H and O–H groups in total. The van der Waals surface area contributed by atoms with Gasteiger partial charge in [-0.2, -0.15) is 5.26 Å². The Morgan fingerprint density at radius 1 is 1.50 bits per heavy atom. The number of hydrogen-bond donors (Lipinski definition) is 2. The van der Waals surface area contributed by atoms with Crippen LogP contribution in [0.3, 0.4) is 0 Å². The third-order valence-electron chi connectivity index (χ3n) is 1.04. The number of hydrogen-bond acceptors (Lipinski definition) is 4. The van der Waals surface area contributed by atoms with Gasteiger partial charge in [0, 0.05) is 0 Å². The summed E-state index contributed by atoms with van der Waals surface area (Å²) in [4.78, 5) is 21.3. The van der Waals surface area contributed by atoms with Crippen molar-refractivity contribution in [3.63, 3.8) is 0 Å². The molecular weight excluding hydrogens is 188 g/mol. The van der Waals surface area contributed by atoms with Gasteiger partial charge in [-0.05, 0) is 20.8 Å². The van der Waals surface area contributed by atoms with Crippen LogP contribution in [0.2, 0.25) is 0 Å². The number of nitrogens with zero attached hydrogens (tertiary/aromatic N) is 1. The lowest BCUT2D eigenvalue weighted by molar-refractivity contribution is -0.137. The molecule has 6 heteroatoms. The smallest absolute Gasteiger partial charge is 0.409 e. The molecule has 0 aliphatic rings. The molecule has 0 aromatic carbocycles. The predicted molar refractivity (Wildman–Crippen MR) is 46.4 cm³/mol. The maximum absolute atomic E-state index is 11.0. The molecule has 0 rings (SSSR count). The van der Waals surface area contributed by atoms with Crippen molar-refractivity contribution >= 4 is 12.1 Å². The van der Waals surface area contributed by atoms with Gasteiger partial charge in [-0.25, -0.2) is 9.59 Å². The van der Waals surface area contributed by atoms with Crippen LogP contribution in [-0.4, -0.2) is 28.8 Å². The highest BCUT2D eigenvalue weighted by Gasteiger charge is 2.23. The molecule has 6 nitrogen and oxygen atoms in total. The molecule has 0 saturated carbocycles. The first-order valence-electron chi connectivity index (χ1n) is 3.88. The number of nitrogens with one attached hydrogen (secondary N) is 1. The van der Waals surface area contributed by atoms with E-state index in [0.29, 0.717) is 0 Å². The van der Waals surface area contributed by atoms with Crippen LogP contribution < -0.4 is 5.32 Å². The molecule has 0 bridgehead atoms. The minimum absolute atomic E-state index is 0.720. The molecule has 0 radical (unpaired) electrons. The highest BCUT2D eigenvalue weighted by molar-refractivity contribution is 5.82. The van der Waals surface area contributed by atoms with Gasteiger partial charge in [0.1, 0.15) is 5.60 Å². The van der Waals surface area contributed by atoms with Crippen molar-refractivity contribution in [2.24, 2.45) is 0 Å². The van der Waals surface area contributed by atoms with Gasteiger partial charge in [0.2, 0.25) is 6.04 Å². The normalized spacial score (nSPS) is 12.4. The standard InChI is InChI=1S/C8H12N2O4/c1-8(2,3)14-7(13)10-5(4-9)6(11)12/h5H,1-3H3,(H,10,13)(H,11,12). The average Bonchev–Trinajstić information content (AvgIpc) is 1.96. The number of carbonyl (C=O) groups excluding carboxylic acids is 1. The number of ether oxygens (including phenoxy) is 1. The van der Waals surface area contributed by atoms with E-state index in [4.69, 9.17) is 15.1 Å². The minimum atomic E-state index is -1.58. The molecule has 78 valence electrons. The van der Waals surface area contributed by atoms with Crippen LogP contribution in [0.25, 0.3) is 0 Å². The van der Waals surface area contributed by atoms with Gasteiger partial charge < -0.3 is 9.84 Å². The Morgan fingerprint density at radius 3 is 2.29 bits per heavy atom. The fraction of sp³-hybridized carbons (Fsp3) is 0.625. The van der Waals surface area contributed by atoms with E-state index in [9.17, 15) is 9.59 Å². The molecule has 0 fully saturated rings. The minimum Gasteiger partial charge on any atom is -0.479 e. The van der Waals surface area contributed by atoms with Gasteiger partial charge in [-0.1, -0.05) is 0 Å². The quantitative estimate of drug-likeness (QED) is 0.675. The first-order valence-corrected chi connectivity index (χ1v) is 3.88. The summed E-state index contributed by atoms with van der Waals surface area (Å²) in [7, 11) is 0. The van der Waals surface area contributed by atoms with E-state index in [1.807, 2.05) is 5.32 Å². The van der Waals surface area contributed by atoms with E-state index >= 15 is 0 Å². The van der Waals surface area contributed by atoms with Crippen molar-refractivity contribution in [3.8, 4) is 6.07 Å². The second kappa shape index (κ2) is 4.46. The summed E-state index contributed by atoms with van der Waals surface area (Å²) in [5.41, 5.74) is -0.720. The second-order valence-electron chi connectivity index (χ2n) is 3.55. The molecule has 0 aromatic rings. The number of carboxylic acid groups (broad SMARTS) is 1. The summed E-state index contributed by atoms with van der Waals surface area (Å²) in [6, 6.07) is -0.172. The molecule has 14 heavy (non-hydrogen) atoms. The van der Waals surface area contributed by atoms with Crippen LogP contribution in [-0.2, 0) is 9.53 Å². The lowest BCUT2D eigenvalue weighted by atomic mass is 10.2. The Kier molecular flexibility index (Phi) is 3.90. The molecule has 1 atom stereocenters. The maximum Gasteiger partial charge on any atom is 0.409 e. The molecule has 1 unspecified atom stereocenters. The van der Waals surface area contributed by atoms with E-state index in [1.54, 1.807) is 20.8 Å². The fourth-order valence-electron chi connectivity index (χ4n) is 0.575. The summed E-state index contributed by atoms with van der Waals surface area (Å²) in [5, 5.41) is 18.7. The zero-order valence-electron chi connectivity index (χ0n) is 8.20. The van der Waals surface area contributed by atoms with Crippen LogP contribution in [0.4, 0.5) is 4.79 Å². The number of amides is 1. The largest absolute Gasteiger partial charge is 0.479 e. The van der Waals surface area contributed by atoms with Crippen LogP contribution in [0.5, 0.6) is 0 Å². The van der Waals surface area contributed by atoms with Crippen LogP contribution in [0, 0.1) is 11.3 Å². The van der Waals surface area contributed by atoms with E-state index in [2.05, 4.69) is 0 Å². The van der Waals surface area contributed by atoms with Crippen molar-refractivity contribution in [1.29, 1.82) is 5.26 Å². The zero-order chi connectivity index (χ0) is 11.4. The summed E-state index contributed by atoms with van der Waals surface area (Å²) >= 11 is 0. The molecular formula is C8H12N2O4. The maximum atomic E-state index is 11.0. The van der Waals surface area contributed by atoms with E-state index < -0.39 is 23.7 Å². The van der Waals surface area contributed by atoms with Crippen LogP contribution >= 0.6 is 0 Å². The second-order valence-corrected chi connectivity index (χ2v) is 3.55. The van der Waals surface area contributed by atoms with Crippen molar-refractivity contribution in [3.05, 3.63) is 0 Å².